The fourth-order valence-electron chi connectivity index (χ4n) is 1.99. The van der Waals surface area contributed by atoms with Gasteiger partial charge in [-0.3, -0.25) is 0 Å². The molecule has 108 valence electrons. The standard InChI is InChI=1S/C14H22BrNO3/c1-19-14-6-2-5-13(18)12(14)10-16-11(7-8-15)4-3-9-17/h2,5-6,11,16-18H,3-4,7-10H2,1H3. The maximum Gasteiger partial charge on any atom is 0.127 e. The van der Waals surface area contributed by atoms with Crippen molar-refractivity contribution in [2.24, 2.45) is 0 Å². The van der Waals surface area contributed by atoms with Gasteiger partial charge in [-0.2, -0.15) is 0 Å². The second-order valence-corrected chi connectivity index (χ2v) is 5.17. The van der Waals surface area contributed by atoms with Crippen molar-refractivity contribution in [1.82, 2.24) is 5.32 Å². The second-order valence-electron chi connectivity index (χ2n) is 4.38. The molecule has 0 spiro atoms. The minimum Gasteiger partial charge on any atom is -0.507 e. The fourth-order valence-corrected chi connectivity index (χ4v) is 2.54. The zero-order chi connectivity index (χ0) is 14.1. The molecule has 0 saturated heterocycles. The third-order valence-corrected chi connectivity index (χ3v) is 3.52. The minimum atomic E-state index is 0.209. The molecule has 1 rings (SSSR count). The Labute approximate surface area is 122 Å². The van der Waals surface area contributed by atoms with Crippen LogP contribution in [0, 0.1) is 0 Å². The van der Waals surface area contributed by atoms with E-state index in [2.05, 4.69) is 21.2 Å². The third kappa shape index (κ3) is 5.38. The van der Waals surface area contributed by atoms with E-state index in [1.165, 1.54) is 0 Å². The van der Waals surface area contributed by atoms with Gasteiger partial charge in [0.1, 0.15) is 11.5 Å². The lowest BCUT2D eigenvalue weighted by atomic mass is 10.1. The average Bonchev–Trinajstić information content (AvgIpc) is 2.42. The highest BCUT2D eigenvalue weighted by Crippen LogP contribution is 2.27. The number of alkyl halides is 1. The molecule has 0 heterocycles. The van der Waals surface area contributed by atoms with Crippen LogP contribution in [0.2, 0.25) is 0 Å². The number of phenols is 1. The molecule has 0 aliphatic carbocycles. The first-order valence-electron chi connectivity index (χ1n) is 6.48. The minimum absolute atomic E-state index is 0.209. The van der Waals surface area contributed by atoms with Crippen LogP contribution >= 0.6 is 15.9 Å². The van der Waals surface area contributed by atoms with E-state index < -0.39 is 0 Å². The molecule has 0 bridgehead atoms. The summed E-state index contributed by atoms with van der Waals surface area (Å²) >= 11 is 3.43. The molecule has 1 aromatic rings. The van der Waals surface area contributed by atoms with Gasteiger partial charge < -0.3 is 20.3 Å². The molecule has 0 aromatic heterocycles. The summed E-state index contributed by atoms with van der Waals surface area (Å²) in [5, 5.41) is 23.1. The zero-order valence-electron chi connectivity index (χ0n) is 11.2. The van der Waals surface area contributed by atoms with Gasteiger partial charge in [0.05, 0.1) is 7.11 Å². The molecule has 5 heteroatoms. The number of hydrogen-bond acceptors (Lipinski definition) is 4. The molecule has 0 aliphatic heterocycles. The lowest BCUT2D eigenvalue weighted by molar-refractivity contribution is 0.273. The van der Waals surface area contributed by atoms with Crippen LogP contribution in [0.25, 0.3) is 0 Å². The molecule has 1 unspecified atom stereocenters. The second kappa shape index (κ2) is 9.18. The van der Waals surface area contributed by atoms with E-state index in [-0.39, 0.29) is 12.4 Å². The summed E-state index contributed by atoms with van der Waals surface area (Å²) in [6.45, 7) is 0.763. The molecule has 19 heavy (non-hydrogen) atoms. The van der Waals surface area contributed by atoms with Crippen molar-refractivity contribution in [1.29, 1.82) is 0 Å². The highest BCUT2D eigenvalue weighted by Gasteiger charge is 2.12. The van der Waals surface area contributed by atoms with Crippen molar-refractivity contribution in [3.05, 3.63) is 23.8 Å². The number of aliphatic hydroxyl groups is 1. The van der Waals surface area contributed by atoms with E-state index in [1.54, 1.807) is 19.2 Å². The summed E-state index contributed by atoms with van der Waals surface area (Å²) in [5.74, 6) is 0.929. The number of aromatic hydroxyl groups is 1. The topological polar surface area (TPSA) is 61.7 Å². The summed E-state index contributed by atoms with van der Waals surface area (Å²) in [4.78, 5) is 0. The van der Waals surface area contributed by atoms with Gasteiger partial charge in [0.25, 0.3) is 0 Å². The Bertz CT molecular complexity index is 374. The highest BCUT2D eigenvalue weighted by molar-refractivity contribution is 9.09. The van der Waals surface area contributed by atoms with Crippen LogP contribution in [0.3, 0.4) is 0 Å². The van der Waals surface area contributed by atoms with Crippen LogP contribution < -0.4 is 10.1 Å². The van der Waals surface area contributed by atoms with Crippen molar-refractivity contribution >= 4 is 15.9 Å². The highest BCUT2D eigenvalue weighted by atomic mass is 79.9. The number of phenolic OH excluding ortho intramolecular Hbond substituents is 1. The summed E-state index contributed by atoms with van der Waals surface area (Å²) in [6, 6.07) is 5.58. The molecular formula is C14H22BrNO3. The molecule has 0 saturated carbocycles. The molecule has 3 N–H and O–H groups in total. The normalized spacial score (nSPS) is 12.4. The average molecular weight is 332 g/mol. The predicted molar refractivity (Wildman–Crippen MR) is 80.0 cm³/mol. The van der Waals surface area contributed by atoms with E-state index in [4.69, 9.17) is 9.84 Å². The maximum atomic E-state index is 9.87. The fraction of sp³-hybridized carbons (Fsp3) is 0.571. The Morgan fingerprint density at radius 2 is 2.16 bits per heavy atom. The summed E-state index contributed by atoms with van der Waals surface area (Å²) < 4.78 is 5.25. The SMILES string of the molecule is COc1cccc(O)c1CNC(CCBr)CCCO. The summed E-state index contributed by atoms with van der Waals surface area (Å²) in [7, 11) is 1.60. The van der Waals surface area contributed by atoms with Gasteiger partial charge in [-0.25, -0.2) is 0 Å². The van der Waals surface area contributed by atoms with Gasteiger partial charge in [0.15, 0.2) is 0 Å². The van der Waals surface area contributed by atoms with E-state index in [0.29, 0.717) is 18.3 Å². The van der Waals surface area contributed by atoms with Crippen molar-refractivity contribution < 1.29 is 14.9 Å². The number of nitrogens with one attached hydrogen (secondary N) is 1. The third-order valence-electron chi connectivity index (χ3n) is 3.06. The van der Waals surface area contributed by atoms with Crippen molar-refractivity contribution in [2.75, 3.05) is 19.0 Å². The molecule has 0 amide bonds. The van der Waals surface area contributed by atoms with Crippen molar-refractivity contribution in [3.63, 3.8) is 0 Å². The van der Waals surface area contributed by atoms with E-state index in [0.717, 1.165) is 30.2 Å². The lowest BCUT2D eigenvalue weighted by Gasteiger charge is -2.19. The van der Waals surface area contributed by atoms with Gasteiger partial charge in [0, 0.05) is 30.1 Å². The smallest absolute Gasteiger partial charge is 0.127 e. The molecule has 4 nitrogen and oxygen atoms in total. The molecule has 0 aliphatic rings. The Balaban J connectivity index is 2.62. The molecule has 1 atom stereocenters. The van der Waals surface area contributed by atoms with E-state index in [1.807, 2.05) is 6.07 Å². The number of ether oxygens (including phenoxy) is 1. The summed E-state index contributed by atoms with van der Waals surface area (Å²) in [6.07, 6.45) is 2.68. The van der Waals surface area contributed by atoms with Crippen molar-refractivity contribution in [2.45, 2.75) is 31.8 Å². The van der Waals surface area contributed by atoms with Gasteiger partial charge in [-0.05, 0) is 31.4 Å². The van der Waals surface area contributed by atoms with Gasteiger partial charge in [0.2, 0.25) is 0 Å². The van der Waals surface area contributed by atoms with Gasteiger partial charge in [-0.1, -0.05) is 22.0 Å². The van der Waals surface area contributed by atoms with Crippen molar-refractivity contribution in [3.8, 4) is 11.5 Å². The monoisotopic (exact) mass is 331 g/mol. The number of rotatable bonds is 9. The van der Waals surface area contributed by atoms with E-state index >= 15 is 0 Å². The number of benzene rings is 1. The van der Waals surface area contributed by atoms with Crippen LogP contribution in [-0.2, 0) is 6.54 Å². The predicted octanol–water partition coefficient (Wildman–Crippen LogP) is 2.42. The lowest BCUT2D eigenvalue weighted by Crippen LogP contribution is -2.29. The summed E-state index contributed by atoms with van der Waals surface area (Å²) in [5.41, 5.74) is 0.772. The van der Waals surface area contributed by atoms with Gasteiger partial charge >= 0.3 is 0 Å². The number of hydrogen-bond donors (Lipinski definition) is 3. The maximum absolute atomic E-state index is 9.87. The van der Waals surface area contributed by atoms with Crippen LogP contribution in [0.15, 0.2) is 18.2 Å². The Hall–Kier alpha value is -0.780. The van der Waals surface area contributed by atoms with E-state index in [9.17, 15) is 5.11 Å². The molecule has 1 aromatic carbocycles. The molecule has 0 radical (unpaired) electrons. The van der Waals surface area contributed by atoms with Crippen LogP contribution in [-0.4, -0.2) is 35.3 Å². The Morgan fingerprint density at radius 3 is 2.79 bits per heavy atom. The molecular weight excluding hydrogens is 310 g/mol. The zero-order valence-corrected chi connectivity index (χ0v) is 12.8. The first-order chi connectivity index (χ1) is 9.22. The Morgan fingerprint density at radius 1 is 1.37 bits per heavy atom. The van der Waals surface area contributed by atoms with Gasteiger partial charge in [-0.15, -0.1) is 0 Å². The first kappa shape index (κ1) is 16.3. The molecule has 0 fully saturated rings. The largest absolute Gasteiger partial charge is 0.507 e. The van der Waals surface area contributed by atoms with Crippen LogP contribution in [0.4, 0.5) is 0 Å². The Kier molecular flexibility index (Phi) is 7.86. The van der Waals surface area contributed by atoms with Crippen LogP contribution in [0.1, 0.15) is 24.8 Å². The number of halogens is 1. The first-order valence-corrected chi connectivity index (χ1v) is 7.60. The number of methoxy groups -OCH3 is 1. The quantitative estimate of drug-likeness (QED) is 0.608. The number of aliphatic hydroxyl groups excluding tert-OH is 1. The van der Waals surface area contributed by atoms with Crippen LogP contribution in [0.5, 0.6) is 11.5 Å².